The number of aliphatic hydroxyl groups is 1. The zero-order valence-corrected chi connectivity index (χ0v) is 22.1. The number of carbonyl (C=O) groups excluding carboxylic acids is 2. The number of aromatic nitrogens is 3. The van der Waals surface area contributed by atoms with Gasteiger partial charge >= 0.3 is 12.2 Å². The molecule has 0 spiro atoms. The molecule has 1 atom stereocenters. The Labute approximate surface area is 232 Å². The summed E-state index contributed by atoms with van der Waals surface area (Å²) in [6.45, 7) is -0.148. The van der Waals surface area contributed by atoms with Crippen molar-refractivity contribution in [2.24, 2.45) is 5.73 Å². The maximum absolute atomic E-state index is 13.1. The first-order valence-corrected chi connectivity index (χ1v) is 12.6. The monoisotopic (exact) mass is 580 g/mol. The van der Waals surface area contributed by atoms with Crippen LogP contribution in [0.2, 0.25) is 5.02 Å². The fraction of sp³-hybridized carbons (Fsp3) is 0.320. The fourth-order valence-corrected chi connectivity index (χ4v) is 4.13. The van der Waals surface area contributed by atoms with E-state index >= 15 is 0 Å². The molecule has 3 aromatic rings. The Morgan fingerprint density at radius 2 is 1.90 bits per heavy atom. The molecule has 40 heavy (non-hydrogen) atoms. The molecule has 1 aliphatic rings. The number of carbonyl (C=O) groups is 2. The van der Waals surface area contributed by atoms with Gasteiger partial charge in [0.2, 0.25) is 5.84 Å². The molecule has 1 aliphatic heterocycles. The molecule has 0 bridgehead atoms. The number of likely N-dealkylation sites (N-methyl/N-ethyl adjacent to an activating group) is 1. The Morgan fingerprint density at radius 3 is 2.55 bits per heavy atom. The Balaban J connectivity index is 1.51. The van der Waals surface area contributed by atoms with Crippen LogP contribution in [0.5, 0.6) is 0 Å². The molecule has 4 rings (SSSR count). The normalized spacial score (nSPS) is 15.3. The second kappa shape index (κ2) is 12.0. The first-order valence-electron chi connectivity index (χ1n) is 12.2. The lowest BCUT2D eigenvalue weighted by Crippen LogP contribution is -2.93. The van der Waals surface area contributed by atoms with Crippen LogP contribution in [0.25, 0.3) is 5.69 Å². The second-order valence-corrected chi connectivity index (χ2v) is 9.58. The summed E-state index contributed by atoms with van der Waals surface area (Å²) in [4.78, 5) is 31.8. The number of likely N-dealkylation sites (tertiary alicyclic amines) is 1. The number of nitrogens with two attached hydrogens (primary N) is 2. The van der Waals surface area contributed by atoms with Crippen LogP contribution in [0.4, 0.5) is 18.0 Å². The molecule has 6 N–H and O–H groups in total. The Morgan fingerprint density at radius 1 is 1.23 bits per heavy atom. The topological polar surface area (TPSA) is 146 Å². The smallest absolute Gasteiger partial charge is 0.381 e. The number of benzene rings is 2. The Hall–Kier alpha value is -4.01. The lowest BCUT2D eigenvalue weighted by molar-refractivity contribution is -0.673. The number of hydrogen-bond donors (Lipinski definition) is 4. The van der Waals surface area contributed by atoms with Gasteiger partial charge in [0.15, 0.2) is 11.9 Å². The molecule has 2 heterocycles. The molecule has 212 valence electrons. The van der Waals surface area contributed by atoms with E-state index in [-0.39, 0.29) is 29.7 Å². The van der Waals surface area contributed by atoms with Gasteiger partial charge in [0, 0.05) is 10.6 Å². The SMILES string of the molecule is C[NH2+]C1CN(C(=O)c2ccccc2-n2cnc(CNC(=O)/[N+](C[C@H](O)C(F)(F)F)=C(\N)c3ccc(Cl)cc3)n2)C1. The minimum absolute atomic E-state index is 0.126. The number of nitrogens with zero attached hydrogens (tertiary/aromatic N) is 5. The summed E-state index contributed by atoms with van der Waals surface area (Å²) in [7, 11) is 1.96. The highest BCUT2D eigenvalue weighted by Gasteiger charge is 2.41. The van der Waals surface area contributed by atoms with E-state index in [0.717, 1.165) is 0 Å². The minimum Gasteiger partial charge on any atom is -0.381 e. The van der Waals surface area contributed by atoms with Crippen LogP contribution in [0.1, 0.15) is 21.7 Å². The van der Waals surface area contributed by atoms with E-state index < -0.39 is 24.9 Å². The molecule has 0 unspecified atom stereocenters. The van der Waals surface area contributed by atoms with Crippen molar-refractivity contribution >= 4 is 29.4 Å². The van der Waals surface area contributed by atoms with Crippen LogP contribution in [0.3, 0.4) is 0 Å². The van der Waals surface area contributed by atoms with Gasteiger partial charge in [0.05, 0.1) is 31.4 Å². The van der Waals surface area contributed by atoms with Gasteiger partial charge < -0.3 is 21.1 Å². The van der Waals surface area contributed by atoms with Crippen LogP contribution in [0, 0.1) is 0 Å². The van der Waals surface area contributed by atoms with Crippen molar-refractivity contribution in [3.05, 3.63) is 76.8 Å². The van der Waals surface area contributed by atoms with E-state index in [1.165, 1.54) is 35.3 Å². The molecule has 0 aliphatic carbocycles. The molecule has 3 amide bonds. The maximum atomic E-state index is 13.1. The predicted octanol–water partition coefficient (Wildman–Crippen LogP) is 0.489. The van der Waals surface area contributed by atoms with Crippen molar-refractivity contribution in [1.82, 2.24) is 25.0 Å². The van der Waals surface area contributed by atoms with Crippen LogP contribution >= 0.6 is 11.6 Å². The van der Waals surface area contributed by atoms with Gasteiger partial charge in [-0.2, -0.15) is 17.7 Å². The molecular formula is C25H28ClF3N8O3+2. The molecule has 15 heteroatoms. The van der Waals surface area contributed by atoms with Crippen LogP contribution in [0.15, 0.2) is 54.9 Å². The van der Waals surface area contributed by atoms with Gasteiger partial charge in [-0.1, -0.05) is 23.7 Å². The van der Waals surface area contributed by atoms with Gasteiger partial charge in [0.1, 0.15) is 25.5 Å². The molecule has 1 saturated heterocycles. The summed E-state index contributed by atoms with van der Waals surface area (Å²) in [5.41, 5.74) is 7.16. The largest absolute Gasteiger partial charge is 0.436 e. The number of urea groups is 1. The number of para-hydroxylation sites is 1. The maximum Gasteiger partial charge on any atom is 0.436 e. The van der Waals surface area contributed by atoms with Gasteiger partial charge in [0.25, 0.3) is 5.91 Å². The Kier molecular flexibility index (Phi) is 8.71. The average molecular weight is 581 g/mol. The predicted molar refractivity (Wildman–Crippen MR) is 138 cm³/mol. The van der Waals surface area contributed by atoms with Crippen molar-refractivity contribution in [1.29, 1.82) is 0 Å². The van der Waals surface area contributed by atoms with Gasteiger partial charge in [-0.25, -0.2) is 14.5 Å². The summed E-state index contributed by atoms with van der Waals surface area (Å²) in [6, 6.07) is 12.0. The summed E-state index contributed by atoms with van der Waals surface area (Å²) in [6.07, 6.45) is -6.45. The highest BCUT2D eigenvalue weighted by Crippen LogP contribution is 2.21. The quantitative estimate of drug-likeness (QED) is 0.173. The highest BCUT2D eigenvalue weighted by molar-refractivity contribution is 6.30. The summed E-state index contributed by atoms with van der Waals surface area (Å²) < 4.78 is 41.2. The van der Waals surface area contributed by atoms with Gasteiger partial charge in [-0.3, -0.25) is 10.1 Å². The number of halogens is 4. The van der Waals surface area contributed by atoms with Crippen LogP contribution < -0.4 is 16.4 Å². The molecule has 0 saturated carbocycles. The molecular weight excluding hydrogens is 553 g/mol. The third kappa shape index (κ3) is 6.58. The zero-order valence-electron chi connectivity index (χ0n) is 21.3. The zero-order chi connectivity index (χ0) is 29.0. The van der Waals surface area contributed by atoms with E-state index in [1.807, 2.05) is 7.05 Å². The van der Waals surface area contributed by atoms with Crippen molar-refractivity contribution in [2.45, 2.75) is 24.9 Å². The van der Waals surface area contributed by atoms with Crippen molar-refractivity contribution < 1.29 is 37.8 Å². The number of hydrogen-bond acceptors (Lipinski definition) is 5. The highest BCUT2D eigenvalue weighted by atomic mass is 35.5. The molecule has 0 radical (unpaired) electrons. The molecule has 1 aromatic heterocycles. The number of rotatable bonds is 8. The molecule has 2 aromatic carbocycles. The third-order valence-electron chi connectivity index (χ3n) is 6.40. The van der Waals surface area contributed by atoms with Gasteiger partial charge in [-0.15, -0.1) is 5.10 Å². The number of alkyl halides is 3. The van der Waals surface area contributed by atoms with E-state index in [1.54, 1.807) is 29.2 Å². The summed E-state index contributed by atoms with van der Waals surface area (Å²) in [5.74, 6) is -0.343. The number of nitrogens with one attached hydrogen (secondary N) is 1. The van der Waals surface area contributed by atoms with Crippen molar-refractivity contribution in [3.8, 4) is 5.69 Å². The van der Waals surface area contributed by atoms with E-state index in [0.29, 0.717) is 40.0 Å². The fourth-order valence-electron chi connectivity index (χ4n) is 4.00. The average Bonchev–Trinajstić information content (AvgIpc) is 3.38. The second-order valence-electron chi connectivity index (χ2n) is 9.14. The lowest BCUT2D eigenvalue weighted by atomic mass is 10.1. The number of quaternary nitrogens is 1. The van der Waals surface area contributed by atoms with E-state index in [2.05, 4.69) is 20.7 Å². The van der Waals surface area contributed by atoms with E-state index in [9.17, 15) is 27.9 Å². The van der Waals surface area contributed by atoms with Gasteiger partial charge in [-0.05, 0) is 36.4 Å². The minimum atomic E-state index is -4.98. The lowest BCUT2D eigenvalue weighted by Gasteiger charge is -2.36. The Bertz CT molecular complexity index is 1400. The number of aliphatic hydroxyl groups excluding tert-OH is 1. The molecule has 1 fully saturated rings. The summed E-state index contributed by atoms with van der Waals surface area (Å²) in [5, 5.41) is 18.8. The van der Waals surface area contributed by atoms with Crippen molar-refractivity contribution in [3.63, 3.8) is 0 Å². The third-order valence-corrected chi connectivity index (χ3v) is 6.65. The standard InChI is InChI=1S/C25H26ClF3N8O3/c1-31-17-11-35(12-17)23(39)18-4-2-3-5-19(18)37-14-33-21(34-37)10-32-24(40)36(13-20(38)25(27,28)29)22(30)15-6-8-16(26)9-7-15/h2-9,14,17,20,30-31,38H,10-13H2,1H3,(H,32,40)/p+2/t20-/m0/s1. The van der Waals surface area contributed by atoms with E-state index in [4.69, 9.17) is 17.3 Å². The number of amidine groups is 1. The van der Waals surface area contributed by atoms with Crippen LogP contribution in [-0.4, -0.2) is 92.1 Å². The molecule has 11 nitrogen and oxygen atoms in total. The van der Waals surface area contributed by atoms with Crippen molar-refractivity contribution in [2.75, 3.05) is 26.7 Å². The first-order chi connectivity index (χ1) is 19.0. The first kappa shape index (κ1) is 29.0. The number of amides is 3. The summed E-state index contributed by atoms with van der Waals surface area (Å²) >= 11 is 5.86. The van der Waals surface area contributed by atoms with Crippen LogP contribution in [-0.2, 0) is 6.54 Å².